The van der Waals surface area contributed by atoms with Gasteiger partial charge < -0.3 is 15.7 Å². The van der Waals surface area contributed by atoms with Crippen LogP contribution in [0.4, 0.5) is 16.2 Å². The van der Waals surface area contributed by atoms with Gasteiger partial charge in [-0.3, -0.25) is 0 Å². The molecule has 0 saturated carbocycles. The lowest BCUT2D eigenvalue weighted by Gasteiger charge is -2.26. The SMILES string of the molecule is CCCNc1ncc(F)c(NC(C)(C)CCO)n1. The Hall–Kier alpha value is -1.43. The van der Waals surface area contributed by atoms with Crippen LogP contribution in [0.25, 0.3) is 0 Å². The maximum Gasteiger partial charge on any atom is 0.224 e. The van der Waals surface area contributed by atoms with Crippen LogP contribution >= 0.6 is 0 Å². The fourth-order valence-corrected chi connectivity index (χ4v) is 1.44. The summed E-state index contributed by atoms with van der Waals surface area (Å²) in [5.74, 6) is 0.0608. The van der Waals surface area contributed by atoms with Gasteiger partial charge in [0.15, 0.2) is 11.6 Å². The summed E-state index contributed by atoms with van der Waals surface area (Å²) in [7, 11) is 0. The molecular weight excluding hydrogens is 235 g/mol. The zero-order valence-corrected chi connectivity index (χ0v) is 11.1. The Bertz CT molecular complexity index is 384. The van der Waals surface area contributed by atoms with Gasteiger partial charge in [-0.15, -0.1) is 0 Å². The molecule has 18 heavy (non-hydrogen) atoms. The number of hydrogen-bond donors (Lipinski definition) is 3. The summed E-state index contributed by atoms with van der Waals surface area (Å²) in [5, 5.41) is 14.9. The molecule has 1 aromatic heterocycles. The topological polar surface area (TPSA) is 70.1 Å². The molecule has 1 heterocycles. The minimum Gasteiger partial charge on any atom is -0.396 e. The third-order valence-corrected chi connectivity index (χ3v) is 2.47. The third-order valence-electron chi connectivity index (χ3n) is 2.47. The standard InChI is InChI=1S/C12H21FN4O/c1-4-6-14-11-15-8-9(13)10(16-11)17-12(2,3)5-7-18/h8,18H,4-7H2,1-3H3,(H2,14,15,16,17). The maximum absolute atomic E-state index is 13.6. The Kier molecular flexibility index (Phi) is 5.27. The zero-order chi connectivity index (χ0) is 13.6. The zero-order valence-electron chi connectivity index (χ0n) is 11.1. The minimum absolute atomic E-state index is 0.0354. The van der Waals surface area contributed by atoms with Gasteiger partial charge >= 0.3 is 0 Å². The summed E-state index contributed by atoms with van der Waals surface area (Å²) in [6.07, 6.45) is 2.59. The molecule has 0 aliphatic carbocycles. The van der Waals surface area contributed by atoms with Crippen LogP contribution in [0.5, 0.6) is 0 Å². The van der Waals surface area contributed by atoms with Crippen LogP contribution in [0.15, 0.2) is 6.20 Å². The lowest BCUT2D eigenvalue weighted by molar-refractivity contribution is 0.260. The molecule has 0 atom stereocenters. The van der Waals surface area contributed by atoms with Gasteiger partial charge in [0.2, 0.25) is 5.95 Å². The molecule has 0 fully saturated rings. The Labute approximate surface area is 107 Å². The van der Waals surface area contributed by atoms with Crippen molar-refractivity contribution in [2.45, 2.75) is 39.2 Å². The molecule has 0 bridgehead atoms. The predicted molar refractivity (Wildman–Crippen MR) is 70.2 cm³/mol. The molecule has 102 valence electrons. The van der Waals surface area contributed by atoms with Crippen molar-refractivity contribution >= 4 is 11.8 Å². The number of hydrogen-bond acceptors (Lipinski definition) is 5. The van der Waals surface area contributed by atoms with Crippen LogP contribution in [-0.4, -0.2) is 33.8 Å². The minimum atomic E-state index is -0.497. The number of aliphatic hydroxyl groups excluding tert-OH is 1. The molecule has 6 heteroatoms. The van der Waals surface area contributed by atoms with Gasteiger partial charge in [-0.2, -0.15) is 4.98 Å². The lowest BCUT2D eigenvalue weighted by Crippen LogP contribution is -2.33. The molecule has 0 saturated heterocycles. The van der Waals surface area contributed by atoms with Crippen LogP contribution in [-0.2, 0) is 0 Å². The quantitative estimate of drug-likeness (QED) is 0.696. The number of anilines is 2. The first kappa shape index (κ1) is 14.6. The molecule has 0 aliphatic heterocycles. The summed E-state index contributed by atoms with van der Waals surface area (Å²) < 4.78 is 13.6. The Morgan fingerprint density at radius 2 is 2.17 bits per heavy atom. The van der Waals surface area contributed by atoms with Crippen molar-refractivity contribution < 1.29 is 9.50 Å². The highest BCUT2D eigenvalue weighted by molar-refractivity contribution is 5.42. The summed E-state index contributed by atoms with van der Waals surface area (Å²) in [6, 6.07) is 0. The van der Waals surface area contributed by atoms with Crippen molar-refractivity contribution in [3.8, 4) is 0 Å². The third kappa shape index (κ3) is 4.44. The van der Waals surface area contributed by atoms with Crippen LogP contribution in [0.1, 0.15) is 33.6 Å². The summed E-state index contributed by atoms with van der Waals surface area (Å²) in [5.41, 5.74) is -0.425. The molecule has 0 radical (unpaired) electrons. The largest absolute Gasteiger partial charge is 0.396 e. The van der Waals surface area contributed by atoms with E-state index in [9.17, 15) is 4.39 Å². The monoisotopic (exact) mass is 256 g/mol. The van der Waals surface area contributed by atoms with Gasteiger partial charge in [0, 0.05) is 18.7 Å². The van der Waals surface area contributed by atoms with Crippen molar-refractivity contribution in [3.05, 3.63) is 12.0 Å². The number of halogens is 1. The van der Waals surface area contributed by atoms with E-state index in [1.807, 2.05) is 20.8 Å². The van der Waals surface area contributed by atoms with Gasteiger partial charge in [0.25, 0.3) is 0 Å². The molecule has 0 unspecified atom stereocenters. The Balaban J connectivity index is 2.80. The number of nitrogens with one attached hydrogen (secondary N) is 2. The Morgan fingerprint density at radius 1 is 1.44 bits per heavy atom. The van der Waals surface area contributed by atoms with Crippen molar-refractivity contribution in [2.24, 2.45) is 0 Å². The Morgan fingerprint density at radius 3 is 2.78 bits per heavy atom. The van der Waals surface area contributed by atoms with Gasteiger partial charge in [-0.05, 0) is 26.7 Å². The highest BCUT2D eigenvalue weighted by atomic mass is 19.1. The van der Waals surface area contributed by atoms with Crippen LogP contribution in [0.2, 0.25) is 0 Å². The highest BCUT2D eigenvalue weighted by Gasteiger charge is 2.19. The van der Waals surface area contributed by atoms with Crippen LogP contribution in [0, 0.1) is 5.82 Å². The van der Waals surface area contributed by atoms with Gasteiger partial charge in [0.1, 0.15) is 0 Å². The van der Waals surface area contributed by atoms with E-state index in [0.717, 1.165) is 19.2 Å². The van der Waals surface area contributed by atoms with E-state index in [0.29, 0.717) is 12.4 Å². The van der Waals surface area contributed by atoms with E-state index in [1.165, 1.54) is 0 Å². The predicted octanol–water partition coefficient (Wildman–Crippen LogP) is 2.01. The first-order valence-corrected chi connectivity index (χ1v) is 6.14. The number of aliphatic hydroxyl groups is 1. The highest BCUT2D eigenvalue weighted by Crippen LogP contribution is 2.19. The summed E-state index contributed by atoms with van der Waals surface area (Å²) in [6.45, 7) is 6.56. The van der Waals surface area contributed by atoms with Gasteiger partial charge in [-0.25, -0.2) is 9.37 Å². The summed E-state index contributed by atoms with van der Waals surface area (Å²) in [4.78, 5) is 7.95. The van der Waals surface area contributed by atoms with Crippen LogP contribution < -0.4 is 10.6 Å². The van der Waals surface area contributed by atoms with Gasteiger partial charge in [-0.1, -0.05) is 6.92 Å². The first-order valence-electron chi connectivity index (χ1n) is 6.14. The second kappa shape index (κ2) is 6.49. The molecule has 0 aliphatic rings. The molecule has 0 aromatic carbocycles. The van der Waals surface area contributed by atoms with E-state index in [4.69, 9.17) is 5.11 Å². The number of nitrogens with zero attached hydrogens (tertiary/aromatic N) is 2. The fourth-order valence-electron chi connectivity index (χ4n) is 1.44. The summed E-state index contributed by atoms with van der Waals surface area (Å²) >= 11 is 0. The molecular formula is C12H21FN4O. The van der Waals surface area contributed by atoms with E-state index in [2.05, 4.69) is 20.6 Å². The molecule has 0 spiro atoms. The van der Waals surface area contributed by atoms with Crippen molar-refractivity contribution in [3.63, 3.8) is 0 Å². The van der Waals surface area contributed by atoms with E-state index in [1.54, 1.807) is 0 Å². The molecule has 5 nitrogen and oxygen atoms in total. The smallest absolute Gasteiger partial charge is 0.224 e. The number of rotatable bonds is 7. The molecule has 3 N–H and O–H groups in total. The molecule has 1 rings (SSSR count). The average Bonchev–Trinajstić information content (AvgIpc) is 2.29. The van der Waals surface area contributed by atoms with E-state index >= 15 is 0 Å². The fraction of sp³-hybridized carbons (Fsp3) is 0.667. The first-order chi connectivity index (χ1) is 8.48. The van der Waals surface area contributed by atoms with Crippen molar-refractivity contribution in [1.82, 2.24) is 9.97 Å². The average molecular weight is 256 g/mol. The van der Waals surface area contributed by atoms with Crippen molar-refractivity contribution in [2.75, 3.05) is 23.8 Å². The maximum atomic E-state index is 13.6. The normalized spacial score (nSPS) is 11.4. The lowest BCUT2D eigenvalue weighted by atomic mass is 10.0. The molecule has 0 amide bonds. The van der Waals surface area contributed by atoms with Crippen LogP contribution in [0.3, 0.4) is 0 Å². The molecule has 1 aromatic rings. The van der Waals surface area contributed by atoms with E-state index in [-0.39, 0.29) is 12.4 Å². The second-order valence-corrected chi connectivity index (χ2v) is 4.80. The van der Waals surface area contributed by atoms with Gasteiger partial charge in [0.05, 0.1) is 6.20 Å². The van der Waals surface area contributed by atoms with Crippen molar-refractivity contribution in [1.29, 1.82) is 0 Å². The van der Waals surface area contributed by atoms with E-state index < -0.39 is 11.4 Å². The second-order valence-electron chi connectivity index (χ2n) is 4.80. The number of aromatic nitrogens is 2.